The molecule has 0 fully saturated rings. The number of carbonyl (C=O) groups is 1. The van der Waals surface area contributed by atoms with Gasteiger partial charge in [0.15, 0.2) is 5.11 Å². The summed E-state index contributed by atoms with van der Waals surface area (Å²) in [4.78, 5) is 22.8. The van der Waals surface area contributed by atoms with E-state index in [0.29, 0.717) is 0 Å². The molecular weight excluding hydrogens is 396 g/mol. The van der Waals surface area contributed by atoms with E-state index in [-0.39, 0.29) is 22.5 Å². The number of hydrogen-bond acceptors (Lipinski definition) is 5. The molecule has 0 atom stereocenters. The smallest absolute Gasteiger partial charge is 0.269 e. The Balaban J connectivity index is 1.70. The number of unbranched alkanes of at least 4 members (excludes halogenated alkanes) is 1. The summed E-state index contributed by atoms with van der Waals surface area (Å²) in [7, 11) is 0. The number of aryl methyl sites for hydroxylation is 1. The molecule has 0 heterocycles. The van der Waals surface area contributed by atoms with Crippen LogP contribution in [0.15, 0.2) is 53.4 Å². The molecule has 9 heteroatoms. The van der Waals surface area contributed by atoms with Crippen LogP contribution in [-0.4, -0.2) is 21.7 Å². The lowest BCUT2D eigenvalue weighted by Crippen LogP contribution is -2.44. The highest BCUT2D eigenvalue weighted by molar-refractivity contribution is 8.00. The summed E-state index contributed by atoms with van der Waals surface area (Å²) in [5.74, 6) is -0.109. The highest BCUT2D eigenvalue weighted by atomic mass is 32.2. The van der Waals surface area contributed by atoms with Gasteiger partial charge in [0, 0.05) is 22.7 Å². The van der Waals surface area contributed by atoms with Crippen molar-refractivity contribution in [3.63, 3.8) is 0 Å². The second kappa shape index (κ2) is 11.3. The van der Waals surface area contributed by atoms with Crippen LogP contribution in [0, 0.1) is 10.1 Å². The minimum Gasteiger partial charge on any atom is -0.331 e. The van der Waals surface area contributed by atoms with Crippen LogP contribution in [0.3, 0.4) is 0 Å². The SMILES string of the molecule is CCCCc1ccc(NC(=S)NNC(=O)CSc2ccc([N+](=O)[O-])cc2)cc1. The normalized spacial score (nSPS) is 10.2. The van der Waals surface area contributed by atoms with Crippen LogP contribution in [0.25, 0.3) is 0 Å². The molecule has 1 amide bonds. The fraction of sp³-hybridized carbons (Fsp3) is 0.263. The maximum atomic E-state index is 11.9. The van der Waals surface area contributed by atoms with E-state index >= 15 is 0 Å². The molecule has 0 spiro atoms. The van der Waals surface area contributed by atoms with E-state index < -0.39 is 4.92 Å². The van der Waals surface area contributed by atoms with Gasteiger partial charge in [-0.3, -0.25) is 25.8 Å². The minimum atomic E-state index is -0.461. The van der Waals surface area contributed by atoms with E-state index in [1.165, 1.54) is 29.5 Å². The van der Waals surface area contributed by atoms with Gasteiger partial charge in [-0.15, -0.1) is 11.8 Å². The number of benzene rings is 2. The van der Waals surface area contributed by atoms with Crippen LogP contribution < -0.4 is 16.2 Å². The Kier molecular flexibility index (Phi) is 8.70. The monoisotopic (exact) mass is 418 g/mol. The van der Waals surface area contributed by atoms with Gasteiger partial charge in [-0.25, -0.2) is 0 Å². The third-order valence-electron chi connectivity index (χ3n) is 3.76. The summed E-state index contributed by atoms with van der Waals surface area (Å²) in [6.07, 6.45) is 3.38. The van der Waals surface area contributed by atoms with E-state index in [1.54, 1.807) is 12.1 Å². The molecule has 3 N–H and O–H groups in total. The first-order valence-electron chi connectivity index (χ1n) is 8.80. The number of thioether (sulfide) groups is 1. The summed E-state index contributed by atoms with van der Waals surface area (Å²) in [5.41, 5.74) is 7.32. The lowest BCUT2D eigenvalue weighted by Gasteiger charge is -2.12. The van der Waals surface area contributed by atoms with Gasteiger partial charge in [0.05, 0.1) is 10.7 Å². The van der Waals surface area contributed by atoms with Crippen molar-refractivity contribution in [3.8, 4) is 0 Å². The van der Waals surface area contributed by atoms with E-state index in [9.17, 15) is 14.9 Å². The van der Waals surface area contributed by atoms with Gasteiger partial charge in [0.25, 0.3) is 5.69 Å². The zero-order valence-corrected chi connectivity index (χ0v) is 17.1. The molecule has 0 unspecified atom stereocenters. The molecule has 2 aromatic rings. The molecule has 0 bridgehead atoms. The van der Waals surface area contributed by atoms with E-state index in [2.05, 4.69) is 35.2 Å². The van der Waals surface area contributed by atoms with Crippen LogP contribution in [0.4, 0.5) is 11.4 Å². The molecule has 0 saturated heterocycles. The van der Waals surface area contributed by atoms with Gasteiger partial charge in [-0.1, -0.05) is 25.5 Å². The number of carbonyl (C=O) groups excluding carboxylic acids is 1. The Labute approximate surface area is 173 Å². The van der Waals surface area contributed by atoms with E-state index in [0.717, 1.165) is 29.8 Å². The first-order valence-corrected chi connectivity index (χ1v) is 10.2. The second-order valence-corrected chi connectivity index (χ2v) is 7.42. The lowest BCUT2D eigenvalue weighted by atomic mass is 10.1. The van der Waals surface area contributed by atoms with Crippen molar-refractivity contribution in [1.29, 1.82) is 0 Å². The Morgan fingerprint density at radius 2 is 1.79 bits per heavy atom. The average Bonchev–Trinajstić information content (AvgIpc) is 2.70. The predicted molar refractivity (Wildman–Crippen MR) is 116 cm³/mol. The quantitative estimate of drug-likeness (QED) is 0.258. The van der Waals surface area contributed by atoms with Crippen molar-refractivity contribution in [2.24, 2.45) is 0 Å². The molecule has 0 aromatic heterocycles. The summed E-state index contributed by atoms with van der Waals surface area (Å²) >= 11 is 6.44. The molecule has 0 radical (unpaired) electrons. The zero-order chi connectivity index (χ0) is 20.4. The van der Waals surface area contributed by atoms with Gasteiger partial charge in [-0.2, -0.15) is 0 Å². The molecule has 0 aliphatic carbocycles. The highest BCUT2D eigenvalue weighted by Gasteiger charge is 2.07. The summed E-state index contributed by atoms with van der Waals surface area (Å²) in [5, 5.41) is 13.9. The number of anilines is 1. The Bertz CT molecular complexity index is 811. The number of hydrogen-bond donors (Lipinski definition) is 3. The van der Waals surface area contributed by atoms with Crippen molar-refractivity contribution in [3.05, 3.63) is 64.2 Å². The second-order valence-electron chi connectivity index (χ2n) is 5.97. The van der Waals surface area contributed by atoms with Crippen molar-refractivity contribution in [1.82, 2.24) is 10.9 Å². The fourth-order valence-corrected chi connectivity index (χ4v) is 3.14. The number of thiocarbonyl (C=S) groups is 1. The van der Waals surface area contributed by atoms with Crippen LogP contribution in [-0.2, 0) is 11.2 Å². The number of non-ortho nitro benzene ring substituents is 1. The molecule has 7 nitrogen and oxygen atoms in total. The third-order valence-corrected chi connectivity index (χ3v) is 4.98. The largest absolute Gasteiger partial charge is 0.331 e. The average molecular weight is 419 g/mol. The first kappa shape index (κ1) is 21.6. The zero-order valence-electron chi connectivity index (χ0n) is 15.4. The third kappa shape index (κ3) is 7.53. The van der Waals surface area contributed by atoms with Crippen LogP contribution in [0.1, 0.15) is 25.3 Å². The van der Waals surface area contributed by atoms with Crippen LogP contribution >= 0.6 is 24.0 Å². The molecule has 0 aliphatic rings. The molecular formula is C19H22N4O3S2. The highest BCUT2D eigenvalue weighted by Crippen LogP contribution is 2.21. The molecule has 2 aromatic carbocycles. The molecule has 0 aliphatic heterocycles. The fourth-order valence-electron chi connectivity index (χ4n) is 2.27. The van der Waals surface area contributed by atoms with Crippen molar-refractivity contribution >= 4 is 46.4 Å². The topological polar surface area (TPSA) is 96.3 Å². The van der Waals surface area contributed by atoms with Gasteiger partial charge >= 0.3 is 0 Å². The van der Waals surface area contributed by atoms with Crippen molar-refractivity contribution in [2.75, 3.05) is 11.1 Å². The molecule has 0 saturated carbocycles. The minimum absolute atomic E-state index is 0.0188. The lowest BCUT2D eigenvalue weighted by molar-refractivity contribution is -0.384. The Hall–Kier alpha value is -2.65. The van der Waals surface area contributed by atoms with Gasteiger partial charge in [-0.05, 0) is 54.9 Å². The van der Waals surface area contributed by atoms with Crippen molar-refractivity contribution < 1.29 is 9.72 Å². The molecule has 148 valence electrons. The molecule has 2 rings (SSSR count). The number of nitrogens with zero attached hydrogens (tertiary/aromatic N) is 1. The predicted octanol–water partition coefficient (Wildman–Crippen LogP) is 4.05. The van der Waals surface area contributed by atoms with Crippen LogP contribution in [0.5, 0.6) is 0 Å². The molecule has 28 heavy (non-hydrogen) atoms. The van der Waals surface area contributed by atoms with Gasteiger partial charge < -0.3 is 5.32 Å². The maximum absolute atomic E-state index is 11.9. The number of hydrazine groups is 1. The maximum Gasteiger partial charge on any atom is 0.269 e. The number of nitro groups is 1. The van der Waals surface area contributed by atoms with E-state index in [4.69, 9.17) is 12.2 Å². The number of nitro benzene ring substituents is 1. The van der Waals surface area contributed by atoms with Gasteiger partial charge in [0.2, 0.25) is 5.91 Å². The van der Waals surface area contributed by atoms with Crippen LogP contribution in [0.2, 0.25) is 0 Å². The Morgan fingerprint density at radius 3 is 2.39 bits per heavy atom. The first-order chi connectivity index (χ1) is 13.5. The van der Waals surface area contributed by atoms with Gasteiger partial charge in [0.1, 0.15) is 0 Å². The van der Waals surface area contributed by atoms with E-state index in [1.807, 2.05) is 12.1 Å². The number of rotatable bonds is 8. The van der Waals surface area contributed by atoms with Crippen molar-refractivity contribution in [2.45, 2.75) is 31.1 Å². The summed E-state index contributed by atoms with van der Waals surface area (Å²) in [6, 6.07) is 14.0. The summed E-state index contributed by atoms with van der Waals surface area (Å²) < 4.78 is 0. The summed E-state index contributed by atoms with van der Waals surface area (Å²) in [6.45, 7) is 2.17. The Morgan fingerprint density at radius 1 is 1.11 bits per heavy atom. The number of nitrogens with one attached hydrogen (secondary N) is 3. The standard InChI is InChI=1S/C19H22N4O3S2/c1-2-3-4-14-5-7-15(8-6-14)20-19(27)22-21-18(24)13-28-17-11-9-16(10-12-17)23(25)26/h5-12H,2-4,13H2,1H3,(H,21,24)(H2,20,22,27). The number of amides is 1.